The summed E-state index contributed by atoms with van der Waals surface area (Å²) in [5, 5.41) is 7.18. The number of halogens is 3. The van der Waals surface area contributed by atoms with Crippen molar-refractivity contribution >= 4 is 28.3 Å². The number of ether oxygens (including phenoxy) is 1. The molecule has 8 heteroatoms. The second-order valence-corrected chi connectivity index (χ2v) is 6.19. The summed E-state index contributed by atoms with van der Waals surface area (Å²) in [4.78, 5) is 24.2. The largest absolute Gasteiger partial charge is 0.573 e. The Hall–Kier alpha value is -3.55. The van der Waals surface area contributed by atoms with Crippen LogP contribution in [0.25, 0.3) is 10.8 Å². The van der Waals surface area contributed by atoms with Gasteiger partial charge < -0.3 is 15.4 Å². The second kappa shape index (κ2) is 8.64. The molecule has 0 bridgehead atoms. The Balaban J connectivity index is 1.47. The summed E-state index contributed by atoms with van der Waals surface area (Å²) in [5.74, 6) is -1.05. The molecule has 2 amide bonds. The molecule has 3 aromatic carbocycles. The van der Waals surface area contributed by atoms with E-state index in [2.05, 4.69) is 15.4 Å². The molecule has 0 spiro atoms. The Bertz CT molecular complexity index is 1020. The highest BCUT2D eigenvalue weighted by Crippen LogP contribution is 2.24. The van der Waals surface area contributed by atoms with Gasteiger partial charge in [0, 0.05) is 24.2 Å². The molecule has 0 aromatic heterocycles. The van der Waals surface area contributed by atoms with Crippen LogP contribution in [-0.4, -0.2) is 24.7 Å². The van der Waals surface area contributed by atoms with Crippen molar-refractivity contribution in [2.45, 2.75) is 12.8 Å². The number of fused-ring (bicyclic) bond motifs is 1. The van der Waals surface area contributed by atoms with E-state index in [9.17, 15) is 22.8 Å². The summed E-state index contributed by atoms with van der Waals surface area (Å²) in [7, 11) is 0. The van der Waals surface area contributed by atoms with Crippen LogP contribution < -0.4 is 15.4 Å². The van der Waals surface area contributed by atoms with E-state index in [1.165, 1.54) is 12.1 Å². The number of carbonyl (C=O) groups excluding carboxylic acids is 2. The number of nitrogens with one attached hydrogen (secondary N) is 2. The molecule has 0 unspecified atom stereocenters. The Morgan fingerprint density at radius 3 is 2.28 bits per heavy atom. The van der Waals surface area contributed by atoms with Gasteiger partial charge in [-0.2, -0.15) is 0 Å². The molecule has 0 saturated carbocycles. The first-order chi connectivity index (χ1) is 13.8. The maximum atomic E-state index is 12.2. The first-order valence-electron chi connectivity index (χ1n) is 8.73. The summed E-state index contributed by atoms with van der Waals surface area (Å²) in [6, 6.07) is 17.8. The lowest BCUT2D eigenvalue weighted by Crippen LogP contribution is -2.27. The fourth-order valence-corrected chi connectivity index (χ4v) is 2.69. The van der Waals surface area contributed by atoms with E-state index in [1.54, 1.807) is 12.1 Å². The van der Waals surface area contributed by atoms with Gasteiger partial charge in [-0.3, -0.25) is 9.59 Å². The van der Waals surface area contributed by atoms with Gasteiger partial charge in [0.2, 0.25) is 5.91 Å². The number of benzene rings is 3. The average molecular weight is 402 g/mol. The predicted molar refractivity (Wildman–Crippen MR) is 103 cm³/mol. The third-order valence-corrected chi connectivity index (χ3v) is 4.02. The minimum absolute atomic E-state index is 0.0140. The number of alkyl halides is 3. The van der Waals surface area contributed by atoms with E-state index in [0.717, 1.165) is 22.9 Å². The molecule has 0 fully saturated rings. The van der Waals surface area contributed by atoms with E-state index in [1.807, 2.05) is 30.3 Å². The van der Waals surface area contributed by atoms with Crippen molar-refractivity contribution in [3.05, 3.63) is 72.3 Å². The molecule has 0 aliphatic heterocycles. The number of anilines is 1. The van der Waals surface area contributed by atoms with Gasteiger partial charge in [-0.25, -0.2) is 0 Å². The van der Waals surface area contributed by atoms with Crippen LogP contribution in [0.15, 0.2) is 66.7 Å². The molecule has 29 heavy (non-hydrogen) atoms. The van der Waals surface area contributed by atoms with Crippen molar-refractivity contribution in [3.63, 3.8) is 0 Å². The highest BCUT2D eigenvalue weighted by atomic mass is 19.4. The molecule has 3 rings (SSSR count). The third kappa shape index (κ3) is 5.97. The van der Waals surface area contributed by atoms with Crippen LogP contribution in [0.3, 0.4) is 0 Å². The number of rotatable bonds is 6. The first kappa shape index (κ1) is 20.2. The van der Waals surface area contributed by atoms with Crippen LogP contribution in [0, 0.1) is 0 Å². The number of hydrogen-bond donors (Lipinski definition) is 2. The smallest absolute Gasteiger partial charge is 0.406 e. The Morgan fingerprint density at radius 2 is 1.59 bits per heavy atom. The lowest BCUT2D eigenvalue weighted by Gasteiger charge is -2.10. The molecule has 0 aliphatic carbocycles. The minimum Gasteiger partial charge on any atom is -0.406 e. The van der Waals surface area contributed by atoms with E-state index < -0.39 is 6.36 Å². The molecule has 0 radical (unpaired) electrons. The molecule has 0 saturated heterocycles. The van der Waals surface area contributed by atoms with Crippen LogP contribution in [-0.2, 0) is 4.79 Å². The molecule has 0 heterocycles. The molecule has 3 aromatic rings. The monoisotopic (exact) mass is 402 g/mol. The van der Waals surface area contributed by atoms with Gasteiger partial charge in [0.15, 0.2) is 0 Å². The van der Waals surface area contributed by atoms with Gasteiger partial charge in [0.05, 0.1) is 0 Å². The van der Waals surface area contributed by atoms with Crippen molar-refractivity contribution in [2.24, 2.45) is 0 Å². The number of amides is 2. The molecule has 0 atom stereocenters. The summed E-state index contributed by atoms with van der Waals surface area (Å²) in [5.41, 5.74) is 0.815. The highest BCUT2D eigenvalue weighted by Gasteiger charge is 2.30. The lowest BCUT2D eigenvalue weighted by molar-refractivity contribution is -0.274. The molecule has 150 valence electrons. The maximum absolute atomic E-state index is 12.2. The highest BCUT2D eigenvalue weighted by molar-refractivity contribution is 5.99. The fraction of sp³-hybridized carbons (Fsp3) is 0.143. The summed E-state index contributed by atoms with van der Waals surface area (Å²) >= 11 is 0. The second-order valence-electron chi connectivity index (χ2n) is 6.19. The number of hydrogen-bond acceptors (Lipinski definition) is 3. The maximum Gasteiger partial charge on any atom is 0.573 e. The van der Waals surface area contributed by atoms with Crippen molar-refractivity contribution in [1.29, 1.82) is 0 Å². The van der Waals surface area contributed by atoms with E-state index in [0.29, 0.717) is 11.3 Å². The molecular weight excluding hydrogens is 385 g/mol. The molecule has 5 nitrogen and oxygen atoms in total. The minimum atomic E-state index is -4.77. The van der Waals surface area contributed by atoms with Gasteiger partial charge in [0.25, 0.3) is 5.91 Å². The molecule has 0 aliphatic rings. The van der Waals surface area contributed by atoms with Gasteiger partial charge in [-0.15, -0.1) is 13.2 Å². The zero-order valence-electron chi connectivity index (χ0n) is 15.1. The van der Waals surface area contributed by atoms with Crippen LogP contribution in [0.5, 0.6) is 5.75 Å². The third-order valence-electron chi connectivity index (χ3n) is 4.02. The van der Waals surface area contributed by atoms with E-state index in [-0.39, 0.29) is 30.5 Å². The molecular formula is C21H17F3N2O3. The lowest BCUT2D eigenvalue weighted by atomic mass is 10.1. The van der Waals surface area contributed by atoms with Crippen LogP contribution in [0.4, 0.5) is 18.9 Å². The van der Waals surface area contributed by atoms with Crippen LogP contribution in [0.2, 0.25) is 0 Å². The normalized spacial score (nSPS) is 11.1. The van der Waals surface area contributed by atoms with Gasteiger partial charge in [-0.1, -0.05) is 30.3 Å². The molecule has 2 N–H and O–H groups in total. The van der Waals surface area contributed by atoms with Gasteiger partial charge in [-0.05, 0) is 47.2 Å². The van der Waals surface area contributed by atoms with Crippen molar-refractivity contribution < 1.29 is 27.5 Å². The van der Waals surface area contributed by atoms with Crippen molar-refractivity contribution in [2.75, 3.05) is 11.9 Å². The van der Waals surface area contributed by atoms with Crippen molar-refractivity contribution in [3.8, 4) is 5.75 Å². The zero-order valence-corrected chi connectivity index (χ0v) is 15.1. The van der Waals surface area contributed by atoms with Crippen LogP contribution in [0.1, 0.15) is 16.8 Å². The summed E-state index contributed by atoms with van der Waals surface area (Å²) < 4.78 is 40.2. The van der Waals surface area contributed by atoms with Gasteiger partial charge in [0.1, 0.15) is 5.75 Å². The van der Waals surface area contributed by atoms with Crippen molar-refractivity contribution in [1.82, 2.24) is 5.32 Å². The zero-order chi connectivity index (χ0) is 20.9. The predicted octanol–water partition coefficient (Wildman–Crippen LogP) is 4.50. The summed E-state index contributed by atoms with van der Waals surface area (Å²) in [6.45, 7) is 0.118. The fourth-order valence-electron chi connectivity index (χ4n) is 2.69. The van der Waals surface area contributed by atoms with E-state index in [4.69, 9.17) is 0 Å². The van der Waals surface area contributed by atoms with Crippen LogP contribution >= 0.6 is 0 Å². The Morgan fingerprint density at radius 1 is 0.897 bits per heavy atom. The SMILES string of the molecule is O=C(CCNC(=O)c1ccc2ccccc2c1)Nc1ccc(OC(F)(F)F)cc1. The quantitative estimate of drug-likeness (QED) is 0.638. The van der Waals surface area contributed by atoms with E-state index >= 15 is 0 Å². The average Bonchev–Trinajstić information content (AvgIpc) is 2.68. The first-order valence-corrected chi connectivity index (χ1v) is 8.73. The Labute approximate surface area is 164 Å². The Kier molecular flexibility index (Phi) is 6.01. The topological polar surface area (TPSA) is 67.4 Å². The standard InChI is InChI=1S/C21H17F3N2O3/c22-21(23,24)29-18-9-7-17(8-10-18)26-19(27)11-12-25-20(28)16-6-5-14-3-1-2-4-15(14)13-16/h1-10,13H,11-12H2,(H,25,28)(H,26,27). The van der Waals surface area contributed by atoms with Gasteiger partial charge >= 0.3 is 6.36 Å². The summed E-state index contributed by atoms with van der Waals surface area (Å²) in [6.07, 6.45) is -4.76. The number of carbonyl (C=O) groups is 2.